The Morgan fingerprint density at radius 2 is 2.14 bits per heavy atom. The minimum Gasteiger partial charge on any atom is -0.384 e. The van der Waals surface area contributed by atoms with Crippen LogP contribution in [0.1, 0.15) is 58.3 Å². The highest BCUT2D eigenvalue weighted by Crippen LogP contribution is 2.61. The molecule has 0 saturated heterocycles. The van der Waals surface area contributed by atoms with Crippen LogP contribution in [0, 0.1) is 23.2 Å². The largest absolute Gasteiger partial charge is 0.384 e. The van der Waals surface area contributed by atoms with E-state index in [-0.39, 0.29) is 0 Å². The molecule has 0 radical (unpaired) electrons. The van der Waals surface area contributed by atoms with E-state index in [2.05, 4.69) is 30.6 Å². The van der Waals surface area contributed by atoms with Crippen molar-refractivity contribution >= 4 is 0 Å². The molecule has 0 amide bonds. The summed E-state index contributed by atoms with van der Waals surface area (Å²) in [6.07, 6.45) is 18.6. The Hall–Kier alpha value is -0.980. The Morgan fingerprint density at radius 1 is 1.19 bits per heavy atom. The van der Waals surface area contributed by atoms with Crippen LogP contribution in [0.5, 0.6) is 0 Å². The molecule has 0 bridgehead atoms. The first-order valence-electron chi connectivity index (χ1n) is 9.12. The van der Waals surface area contributed by atoms with Gasteiger partial charge in [0.25, 0.3) is 0 Å². The Balaban J connectivity index is 1.52. The van der Waals surface area contributed by atoms with Crippen molar-refractivity contribution in [2.45, 2.75) is 64.3 Å². The van der Waals surface area contributed by atoms with Gasteiger partial charge in [0.05, 0.1) is 6.04 Å². The third-order valence-electron chi connectivity index (χ3n) is 7.55. The van der Waals surface area contributed by atoms with E-state index in [0.717, 1.165) is 17.8 Å². The van der Waals surface area contributed by atoms with Gasteiger partial charge < -0.3 is 5.32 Å². The maximum Gasteiger partial charge on any atom is 0.0546 e. The number of fused-ring (bicyclic) bond motifs is 6. The Morgan fingerprint density at radius 3 is 3.10 bits per heavy atom. The second-order valence-electron chi connectivity index (χ2n) is 8.38. The van der Waals surface area contributed by atoms with Crippen molar-refractivity contribution in [3.63, 3.8) is 0 Å². The molecule has 1 heterocycles. The predicted octanol–water partition coefficient (Wildman–Crippen LogP) is 4.73. The van der Waals surface area contributed by atoms with Crippen molar-refractivity contribution in [3.8, 4) is 0 Å². The van der Waals surface area contributed by atoms with Gasteiger partial charge in [-0.25, -0.2) is 0 Å². The van der Waals surface area contributed by atoms with Crippen LogP contribution in [0.25, 0.3) is 0 Å². The fourth-order valence-corrected chi connectivity index (χ4v) is 6.54. The van der Waals surface area contributed by atoms with Crippen molar-refractivity contribution in [2.24, 2.45) is 23.2 Å². The highest BCUT2D eigenvalue weighted by atomic mass is 14.9. The van der Waals surface area contributed by atoms with Gasteiger partial charge >= 0.3 is 0 Å². The van der Waals surface area contributed by atoms with Crippen LogP contribution in [0.3, 0.4) is 0 Å². The SMILES string of the molecule is C[C@@]12CCCC1C1CCC3=C4C=CNC4CC=C3C1CC2. The topological polar surface area (TPSA) is 12.0 Å². The number of allylic oxidation sites excluding steroid dienone is 2. The molecule has 3 saturated carbocycles. The number of nitrogens with one attached hydrogen (secondary N) is 1. The summed E-state index contributed by atoms with van der Waals surface area (Å²) in [6, 6.07) is 0.598. The molecule has 3 fully saturated rings. The quantitative estimate of drug-likeness (QED) is 0.677. The van der Waals surface area contributed by atoms with Gasteiger partial charge in [0, 0.05) is 0 Å². The first-order valence-corrected chi connectivity index (χ1v) is 9.12. The molecule has 0 aromatic carbocycles. The third kappa shape index (κ3) is 1.64. The molecular formula is C20H27N. The van der Waals surface area contributed by atoms with Crippen LogP contribution in [0.2, 0.25) is 0 Å². The van der Waals surface area contributed by atoms with Crippen LogP contribution >= 0.6 is 0 Å². The van der Waals surface area contributed by atoms with E-state index in [1.807, 2.05) is 0 Å². The monoisotopic (exact) mass is 281 g/mol. The normalized spacial score (nSPS) is 47.2. The molecule has 112 valence electrons. The van der Waals surface area contributed by atoms with Crippen LogP contribution in [0.4, 0.5) is 0 Å². The van der Waals surface area contributed by atoms with Crippen molar-refractivity contribution in [1.29, 1.82) is 0 Å². The van der Waals surface area contributed by atoms with E-state index in [1.54, 1.807) is 16.7 Å². The molecule has 21 heavy (non-hydrogen) atoms. The minimum atomic E-state index is 0.598. The molecule has 0 aromatic heterocycles. The molecule has 0 aromatic rings. The average molecular weight is 281 g/mol. The van der Waals surface area contributed by atoms with Crippen LogP contribution in [-0.4, -0.2) is 6.04 Å². The lowest BCUT2D eigenvalue weighted by atomic mass is 9.54. The lowest BCUT2D eigenvalue weighted by molar-refractivity contribution is 0.0435. The average Bonchev–Trinajstić information content (AvgIpc) is 3.11. The molecule has 5 aliphatic rings. The lowest BCUT2D eigenvalue weighted by Crippen LogP contribution is -2.42. The van der Waals surface area contributed by atoms with E-state index in [4.69, 9.17) is 0 Å². The summed E-state index contributed by atoms with van der Waals surface area (Å²) in [7, 11) is 0. The second kappa shape index (κ2) is 4.27. The molecule has 4 unspecified atom stereocenters. The first-order chi connectivity index (χ1) is 10.3. The molecule has 1 heteroatoms. The fraction of sp³-hybridized carbons (Fsp3) is 0.700. The third-order valence-corrected chi connectivity index (χ3v) is 7.55. The summed E-state index contributed by atoms with van der Waals surface area (Å²) >= 11 is 0. The molecule has 1 nitrogen and oxygen atoms in total. The highest BCUT2D eigenvalue weighted by molar-refractivity contribution is 5.51. The van der Waals surface area contributed by atoms with Gasteiger partial charge in [-0.2, -0.15) is 0 Å². The van der Waals surface area contributed by atoms with E-state index in [9.17, 15) is 0 Å². The zero-order valence-electron chi connectivity index (χ0n) is 13.2. The maximum atomic E-state index is 3.52. The minimum absolute atomic E-state index is 0.598. The summed E-state index contributed by atoms with van der Waals surface area (Å²) in [5.41, 5.74) is 5.83. The fourth-order valence-electron chi connectivity index (χ4n) is 6.54. The highest BCUT2D eigenvalue weighted by Gasteiger charge is 2.51. The summed E-state index contributed by atoms with van der Waals surface area (Å²) in [6.45, 7) is 2.60. The second-order valence-corrected chi connectivity index (χ2v) is 8.38. The van der Waals surface area contributed by atoms with Gasteiger partial charge in [0.15, 0.2) is 0 Å². The van der Waals surface area contributed by atoms with Crippen molar-refractivity contribution in [2.75, 3.05) is 0 Å². The van der Waals surface area contributed by atoms with Crippen LogP contribution in [0.15, 0.2) is 35.1 Å². The molecule has 1 aliphatic heterocycles. The lowest BCUT2D eigenvalue weighted by Gasteiger charge is -2.51. The summed E-state index contributed by atoms with van der Waals surface area (Å²) in [5.74, 6) is 2.92. The summed E-state index contributed by atoms with van der Waals surface area (Å²) in [5, 5.41) is 3.52. The Labute approximate surface area is 128 Å². The van der Waals surface area contributed by atoms with Crippen molar-refractivity contribution in [3.05, 3.63) is 35.1 Å². The maximum absolute atomic E-state index is 3.52. The first kappa shape index (κ1) is 12.6. The molecule has 0 spiro atoms. The standard InChI is InChI=1S/C20H27N/c1-20-10-2-3-18(20)16-5-4-14-13(15(16)8-11-20)6-7-19-17(14)9-12-21-19/h6,9,12,15-16,18-19,21H,2-5,7-8,10-11H2,1H3/t15?,16?,18?,19?,20-/m0/s1. The van der Waals surface area contributed by atoms with Crippen LogP contribution < -0.4 is 5.32 Å². The van der Waals surface area contributed by atoms with E-state index >= 15 is 0 Å². The van der Waals surface area contributed by atoms with Crippen molar-refractivity contribution < 1.29 is 0 Å². The number of rotatable bonds is 0. The smallest absolute Gasteiger partial charge is 0.0546 e. The van der Waals surface area contributed by atoms with Gasteiger partial charge in [-0.1, -0.05) is 19.4 Å². The van der Waals surface area contributed by atoms with Gasteiger partial charge in [-0.15, -0.1) is 0 Å². The molecular weight excluding hydrogens is 254 g/mol. The van der Waals surface area contributed by atoms with Crippen LogP contribution in [-0.2, 0) is 0 Å². The van der Waals surface area contributed by atoms with E-state index in [1.165, 1.54) is 51.4 Å². The molecule has 5 rings (SSSR count). The Bertz CT molecular complexity index is 566. The zero-order valence-corrected chi connectivity index (χ0v) is 13.2. The number of hydrogen-bond donors (Lipinski definition) is 1. The number of hydrogen-bond acceptors (Lipinski definition) is 1. The molecule has 5 atom stereocenters. The van der Waals surface area contributed by atoms with Gasteiger partial charge in [-0.05, 0) is 97.1 Å². The molecule has 1 N–H and O–H groups in total. The van der Waals surface area contributed by atoms with E-state index in [0.29, 0.717) is 11.5 Å². The predicted molar refractivity (Wildman–Crippen MR) is 86.7 cm³/mol. The Kier molecular flexibility index (Phi) is 2.55. The summed E-state index contributed by atoms with van der Waals surface area (Å²) < 4.78 is 0. The van der Waals surface area contributed by atoms with Crippen molar-refractivity contribution in [1.82, 2.24) is 5.32 Å². The van der Waals surface area contributed by atoms with Gasteiger partial charge in [0.2, 0.25) is 0 Å². The molecule has 4 aliphatic carbocycles. The van der Waals surface area contributed by atoms with Gasteiger partial charge in [0.1, 0.15) is 0 Å². The zero-order chi connectivity index (χ0) is 14.0. The van der Waals surface area contributed by atoms with E-state index < -0.39 is 0 Å². The summed E-state index contributed by atoms with van der Waals surface area (Å²) in [4.78, 5) is 0. The van der Waals surface area contributed by atoms with Gasteiger partial charge in [-0.3, -0.25) is 0 Å².